The number of furan rings is 1. The van der Waals surface area contributed by atoms with Crippen LogP contribution in [0.1, 0.15) is 31.4 Å². The van der Waals surface area contributed by atoms with Crippen LogP contribution in [0.2, 0.25) is 0 Å². The Morgan fingerprint density at radius 1 is 1.45 bits per heavy atom. The van der Waals surface area contributed by atoms with E-state index in [4.69, 9.17) is 4.42 Å². The average molecular weight is 339 g/mol. The van der Waals surface area contributed by atoms with Gasteiger partial charge in [0.15, 0.2) is 4.34 Å². The smallest absolute Gasteiger partial charge is 0.206 e. The molecule has 2 aromatic rings. The molecular weight excluding hydrogens is 316 g/mol. The quantitative estimate of drug-likeness (QED) is 0.777. The molecule has 0 spiro atoms. The lowest BCUT2D eigenvalue weighted by atomic mass is 10.0. The van der Waals surface area contributed by atoms with Gasteiger partial charge >= 0.3 is 0 Å². The Bertz CT molecular complexity index is 558. The van der Waals surface area contributed by atoms with Gasteiger partial charge in [-0.25, -0.2) is 0 Å². The Kier molecular flexibility index (Phi) is 5.75. The number of hydrogen-bond acceptors (Lipinski definition) is 7. The van der Waals surface area contributed by atoms with Crippen molar-refractivity contribution in [2.45, 2.75) is 42.6 Å². The summed E-state index contributed by atoms with van der Waals surface area (Å²) in [6.45, 7) is 1.90. The van der Waals surface area contributed by atoms with Crippen LogP contribution in [0, 0.1) is 0 Å². The Morgan fingerprint density at radius 3 is 3.23 bits per heavy atom. The summed E-state index contributed by atoms with van der Waals surface area (Å²) in [5.74, 6) is 2.02. The minimum atomic E-state index is 0.652. The summed E-state index contributed by atoms with van der Waals surface area (Å²) in [6.07, 6.45) is 6.97. The number of rotatable bonds is 7. The molecule has 0 amide bonds. The summed E-state index contributed by atoms with van der Waals surface area (Å²) in [5.41, 5.74) is 0. The third kappa shape index (κ3) is 4.47. The maximum absolute atomic E-state index is 5.29. The van der Waals surface area contributed by atoms with Crippen molar-refractivity contribution in [2.75, 3.05) is 24.7 Å². The zero-order valence-electron chi connectivity index (χ0n) is 12.8. The first-order valence-corrected chi connectivity index (χ1v) is 9.54. The van der Waals surface area contributed by atoms with Gasteiger partial charge in [0.1, 0.15) is 5.76 Å². The van der Waals surface area contributed by atoms with Crippen LogP contribution in [0.25, 0.3) is 0 Å². The summed E-state index contributed by atoms with van der Waals surface area (Å²) in [7, 11) is 2.25. The lowest BCUT2D eigenvalue weighted by molar-refractivity contribution is 0.182. The van der Waals surface area contributed by atoms with Crippen molar-refractivity contribution in [1.82, 2.24) is 15.1 Å². The molecule has 0 aromatic carbocycles. The summed E-state index contributed by atoms with van der Waals surface area (Å²) in [4.78, 5) is 2.50. The van der Waals surface area contributed by atoms with Gasteiger partial charge in [-0.05, 0) is 45.0 Å². The molecule has 22 heavy (non-hydrogen) atoms. The van der Waals surface area contributed by atoms with Crippen molar-refractivity contribution < 1.29 is 4.42 Å². The van der Waals surface area contributed by atoms with Crippen molar-refractivity contribution in [3.63, 3.8) is 0 Å². The van der Waals surface area contributed by atoms with Crippen molar-refractivity contribution in [2.24, 2.45) is 0 Å². The normalized spacial score (nSPS) is 19.4. The fraction of sp³-hybridized carbons (Fsp3) is 0.600. The molecule has 2 aromatic heterocycles. The maximum atomic E-state index is 5.29. The first kappa shape index (κ1) is 15.8. The van der Waals surface area contributed by atoms with Gasteiger partial charge in [-0.2, -0.15) is 0 Å². The topological polar surface area (TPSA) is 54.2 Å². The minimum absolute atomic E-state index is 0.652. The third-order valence-electron chi connectivity index (χ3n) is 4.00. The Hall–Kier alpha value is -1.05. The molecular formula is C15H22N4OS2. The standard InChI is InChI=1S/C15H22N4OS2/c1-19-8-3-2-5-12(19)7-10-21-15-18-17-14(22-15)16-11-13-6-4-9-20-13/h4,6,9,12H,2-3,5,7-8,10-11H2,1H3,(H,16,17). The predicted molar refractivity (Wildman–Crippen MR) is 91.6 cm³/mol. The number of anilines is 1. The highest BCUT2D eigenvalue weighted by atomic mass is 32.2. The number of thioether (sulfide) groups is 1. The first-order chi connectivity index (χ1) is 10.8. The number of nitrogens with zero attached hydrogens (tertiary/aromatic N) is 3. The zero-order chi connectivity index (χ0) is 15.2. The highest BCUT2D eigenvalue weighted by Crippen LogP contribution is 2.28. The lowest BCUT2D eigenvalue weighted by Crippen LogP contribution is -2.36. The minimum Gasteiger partial charge on any atom is -0.467 e. The number of nitrogens with one attached hydrogen (secondary N) is 1. The van der Waals surface area contributed by atoms with Gasteiger partial charge in [0, 0.05) is 11.8 Å². The SMILES string of the molecule is CN1CCCCC1CCSc1nnc(NCc2ccco2)s1. The van der Waals surface area contributed by atoms with Crippen LogP contribution in [0.3, 0.4) is 0 Å². The van der Waals surface area contributed by atoms with Gasteiger partial charge in [-0.3, -0.25) is 0 Å². The van der Waals surface area contributed by atoms with Crippen molar-refractivity contribution in [3.05, 3.63) is 24.2 Å². The molecule has 1 unspecified atom stereocenters. The van der Waals surface area contributed by atoms with E-state index in [2.05, 4.69) is 27.5 Å². The van der Waals surface area contributed by atoms with E-state index >= 15 is 0 Å². The van der Waals surface area contributed by atoms with E-state index in [0.29, 0.717) is 6.54 Å². The van der Waals surface area contributed by atoms with Gasteiger partial charge in [0.25, 0.3) is 0 Å². The van der Waals surface area contributed by atoms with Crippen LogP contribution in [0.4, 0.5) is 5.13 Å². The third-order valence-corrected chi connectivity index (χ3v) is 6.05. The molecule has 1 N–H and O–H groups in total. The lowest BCUT2D eigenvalue weighted by Gasteiger charge is -2.32. The van der Waals surface area contributed by atoms with Gasteiger partial charge in [-0.15, -0.1) is 10.2 Å². The number of piperidine rings is 1. The highest BCUT2D eigenvalue weighted by Gasteiger charge is 2.18. The van der Waals surface area contributed by atoms with Crippen LogP contribution in [-0.4, -0.2) is 40.5 Å². The second kappa shape index (κ2) is 7.99. The largest absolute Gasteiger partial charge is 0.467 e. The Labute approximate surface area is 139 Å². The van der Waals surface area contributed by atoms with E-state index in [1.165, 1.54) is 32.2 Å². The summed E-state index contributed by atoms with van der Waals surface area (Å²) >= 11 is 3.43. The first-order valence-electron chi connectivity index (χ1n) is 7.74. The van der Waals surface area contributed by atoms with Crippen LogP contribution in [-0.2, 0) is 6.54 Å². The van der Waals surface area contributed by atoms with E-state index in [9.17, 15) is 0 Å². The average Bonchev–Trinajstić information content (AvgIpc) is 3.18. The summed E-state index contributed by atoms with van der Waals surface area (Å²) in [5, 5.41) is 12.5. The molecule has 1 atom stereocenters. The summed E-state index contributed by atoms with van der Waals surface area (Å²) < 4.78 is 6.33. The van der Waals surface area contributed by atoms with E-state index in [1.54, 1.807) is 17.6 Å². The van der Waals surface area contributed by atoms with Crippen LogP contribution >= 0.6 is 23.1 Å². The van der Waals surface area contributed by atoms with E-state index in [1.807, 2.05) is 23.9 Å². The van der Waals surface area contributed by atoms with Crippen LogP contribution in [0.15, 0.2) is 27.2 Å². The van der Waals surface area contributed by atoms with Crippen LogP contribution < -0.4 is 5.32 Å². The second-order valence-electron chi connectivity index (χ2n) is 5.57. The molecule has 0 bridgehead atoms. The van der Waals surface area contributed by atoms with E-state index < -0.39 is 0 Å². The van der Waals surface area contributed by atoms with Crippen molar-refractivity contribution in [1.29, 1.82) is 0 Å². The zero-order valence-corrected chi connectivity index (χ0v) is 14.5. The molecule has 1 fully saturated rings. The molecule has 1 aliphatic rings. The number of hydrogen-bond donors (Lipinski definition) is 1. The van der Waals surface area contributed by atoms with Crippen LogP contribution in [0.5, 0.6) is 0 Å². The molecule has 0 radical (unpaired) electrons. The number of aromatic nitrogens is 2. The molecule has 0 saturated carbocycles. The van der Waals surface area contributed by atoms with Crippen molar-refractivity contribution >= 4 is 28.2 Å². The van der Waals surface area contributed by atoms with E-state index in [0.717, 1.165) is 27.0 Å². The molecule has 3 heterocycles. The van der Waals surface area contributed by atoms with Gasteiger partial charge in [0.2, 0.25) is 5.13 Å². The van der Waals surface area contributed by atoms with Gasteiger partial charge in [0.05, 0.1) is 12.8 Å². The molecule has 3 rings (SSSR count). The number of likely N-dealkylation sites (tertiary alicyclic amines) is 1. The maximum Gasteiger partial charge on any atom is 0.206 e. The van der Waals surface area contributed by atoms with Crippen molar-refractivity contribution in [3.8, 4) is 0 Å². The molecule has 7 heteroatoms. The molecule has 120 valence electrons. The fourth-order valence-corrected chi connectivity index (χ4v) is 4.57. The van der Waals surface area contributed by atoms with E-state index in [-0.39, 0.29) is 0 Å². The molecule has 1 saturated heterocycles. The fourth-order valence-electron chi connectivity index (χ4n) is 2.71. The Morgan fingerprint density at radius 2 is 2.41 bits per heavy atom. The van der Waals surface area contributed by atoms with Gasteiger partial charge < -0.3 is 14.6 Å². The highest BCUT2D eigenvalue weighted by molar-refractivity contribution is 8.01. The second-order valence-corrected chi connectivity index (χ2v) is 7.89. The summed E-state index contributed by atoms with van der Waals surface area (Å²) in [6, 6.07) is 4.58. The Balaban J connectivity index is 1.39. The molecule has 5 nitrogen and oxygen atoms in total. The monoisotopic (exact) mass is 338 g/mol. The predicted octanol–water partition coefficient (Wildman–Crippen LogP) is 3.71. The molecule has 0 aliphatic carbocycles. The molecule has 1 aliphatic heterocycles. The van der Waals surface area contributed by atoms with Gasteiger partial charge in [-0.1, -0.05) is 29.5 Å².